The third-order valence-electron chi connectivity index (χ3n) is 8.65. The zero-order chi connectivity index (χ0) is 20.1. The summed E-state index contributed by atoms with van der Waals surface area (Å²) in [5.74, 6) is 3.65. The van der Waals surface area contributed by atoms with E-state index in [1.807, 2.05) is 7.11 Å². The van der Waals surface area contributed by atoms with Crippen LogP contribution in [0.2, 0.25) is 0 Å². The lowest BCUT2D eigenvalue weighted by atomic mass is 9.65. The average Bonchev–Trinajstić information content (AvgIpc) is 2.77. The van der Waals surface area contributed by atoms with E-state index in [1.165, 1.54) is 96.3 Å². The van der Waals surface area contributed by atoms with Crippen molar-refractivity contribution in [1.29, 1.82) is 0 Å². The zero-order valence-corrected chi connectivity index (χ0v) is 19.1. The van der Waals surface area contributed by atoms with E-state index in [-0.39, 0.29) is 0 Å². The topological polar surface area (TPSA) is 9.23 Å². The van der Waals surface area contributed by atoms with Gasteiger partial charge in [-0.2, -0.15) is 0 Å². The van der Waals surface area contributed by atoms with Gasteiger partial charge in [0.15, 0.2) is 0 Å². The molecule has 0 spiro atoms. The molecule has 0 bridgehead atoms. The number of benzene rings is 1. The standard InChI is InChI=1S/C28H44O/c1-3-4-5-6-7-8-21-9-10-23-18-24(12-11-22(23)17-21)25-13-14-27-20-28(29-2)16-15-26(27)19-25/h11-12,18,21,25-28H,3-10,13-17,19-20H2,1-2H3. The predicted molar refractivity (Wildman–Crippen MR) is 124 cm³/mol. The van der Waals surface area contributed by atoms with Crippen molar-refractivity contribution in [2.75, 3.05) is 7.11 Å². The van der Waals surface area contributed by atoms with Crippen molar-refractivity contribution in [3.63, 3.8) is 0 Å². The fourth-order valence-corrected chi connectivity index (χ4v) is 6.75. The summed E-state index contributed by atoms with van der Waals surface area (Å²) >= 11 is 0. The molecule has 1 heteroatoms. The van der Waals surface area contributed by atoms with E-state index < -0.39 is 0 Å². The Balaban J connectivity index is 1.29. The largest absolute Gasteiger partial charge is 0.381 e. The zero-order valence-electron chi connectivity index (χ0n) is 19.1. The Morgan fingerprint density at radius 1 is 0.862 bits per heavy atom. The van der Waals surface area contributed by atoms with Gasteiger partial charge in [0.25, 0.3) is 0 Å². The second-order valence-corrected chi connectivity index (χ2v) is 10.5. The third-order valence-corrected chi connectivity index (χ3v) is 8.65. The minimum Gasteiger partial charge on any atom is -0.381 e. The second-order valence-electron chi connectivity index (χ2n) is 10.5. The molecule has 2 saturated carbocycles. The molecule has 5 unspecified atom stereocenters. The van der Waals surface area contributed by atoms with Crippen LogP contribution in [0.15, 0.2) is 18.2 Å². The summed E-state index contributed by atoms with van der Waals surface area (Å²) in [4.78, 5) is 0. The van der Waals surface area contributed by atoms with Crippen LogP contribution in [0.3, 0.4) is 0 Å². The molecule has 1 aromatic carbocycles. The maximum absolute atomic E-state index is 5.66. The lowest BCUT2D eigenvalue weighted by molar-refractivity contribution is 0.0123. The molecule has 0 amide bonds. The van der Waals surface area contributed by atoms with Gasteiger partial charge in [-0.25, -0.2) is 0 Å². The van der Waals surface area contributed by atoms with Gasteiger partial charge in [-0.05, 0) is 98.1 Å². The predicted octanol–water partition coefficient (Wildman–Crippen LogP) is 7.85. The van der Waals surface area contributed by atoms with Gasteiger partial charge in [0.2, 0.25) is 0 Å². The van der Waals surface area contributed by atoms with Crippen LogP contribution in [0.25, 0.3) is 0 Å². The van der Waals surface area contributed by atoms with Crippen LogP contribution in [-0.2, 0) is 17.6 Å². The molecule has 0 aromatic heterocycles. The number of aryl methyl sites for hydroxylation is 1. The van der Waals surface area contributed by atoms with Crippen molar-refractivity contribution in [2.24, 2.45) is 17.8 Å². The minimum absolute atomic E-state index is 0.538. The highest BCUT2D eigenvalue weighted by Gasteiger charge is 2.36. The molecule has 1 nitrogen and oxygen atoms in total. The molecule has 5 atom stereocenters. The molecule has 0 heterocycles. The first-order valence-electron chi connectivity index (χ1n) is 12.9. The van der Waals surface area contributed by atoms with Gasteiger partial charge < -0.3 is 4.74 Å². The number of hydrogen-bond donors (Lipinski definition) is 0. The maximum Gasteiger partial charge on any atom is 0.0574 e. The number of fused-ring (bicyclic) bond motifs is 2. The summed E-state index contributed by atoms with van der Waals surface area (Å²) in [5.41, 5.74) is 5.02. The SMILES string of the molecule is CCCCCCCC1CCc2cc(C3CCC4CC(OC)CCC4C3)ccc2C1. The normalized spacial score (nSPS) is 31.9. The minimum atomic E-state index is 0.538. The summed E-state index contributed by atoms with van der Waals surface area (Å²) in [7, 11) is 1.90. The highest BCUT2D eigenvalue weighted by Crippen LogP contribution is 2.47. The van der Waals surface area contributed by atoms with E-state index in [4.69, 9.17) is 4.74 Å². The Hall–Kier alpha value is -0.820. The van der Waals surface area contributed by atoms with Crippen LogP contribution in [0, 0.1) is 17.8 Å². The molecular formula is C28H44O. The molecule has 3 aliphatic rings. The van der Waals surface area contributed by atoms with E-state index in [9.17, 15) is 0 Å². The quantitative estimate of drug-likeness (QED) is 0.406. The Kier molecular flexibility index (Phi) is 7.73. The van der Waals surface area contributed by atoms with Crippen LogP contribution >= 0.6 is 0 Å². The first kappa shape index (κ1) is 21.4. The lowest BCUT2D eigenvalue weighted by Crippen LogP contribution is -2.33. The van der Waals surface area contributed by atoms with Gasteiger partial charge >= 0.3 is 0 Å². The van der Waals surface area contributed by atoms with Gasteiger partial charge in [-0.15, -0.1) is 0 Å². The van der Waals surface area contributed by atoms with Crippen LogP contribution < -0.4 is 0 Å². The third kappa shape index (κ3) is 5.46. The van der Waals surface area contributed by atoms with E-state index in [0.29, 0.717) is 6.10 Å². The summed E-state index contributed by atoms with van der Waals surface area (Å²) in [6, 6.07) is 7.65. The monoisotopic (exact) mass is 396 g/mol. The number of methoxy groups -OCH3 is 1. The van der Waals surface area contributed by atoms with Crippen molar-refractivity contribution in [1.82, 2.24) is 0 Å². The lowest BCUT2D eigenvalue weighted by Gasteiger charge is -2.42. The molecule has 0 aliphatic heterocycles. The van der Waals surface area contributed by atoms with E-state index in [0.717, 1.165) is 23.7 Å². The van der Waals surface area contributed by atoms with Gasteiger partial charge in [0, 0.05) is 7.11 Å². The molecule has 2 fully saturated rings. The fraction of sp³-hybridized carbons (Fsp3) is 0.786. The van der Waals surface area contributed by atoms with Crippen LogP contribution in [0.5, 0.6) is 0 Å². The van der Waals surface area contributed by atoms with Crippen molar-refractivity contribution < 1.29 is 4.74 Å². The van der Waals surface area contributed by atoms with E-state index >= 15 is 0 Å². The molecule has 0 radical (unpaired) electrons. The maximum atomic E-state index is 5.66. The Labute approximate surface area is 180 Å². The summed E-state index contributed by atoms with van der Waals surface area (Å²) < 4.78 is 5.66. The smallest absolute Gasteiger partial charge is 0.0574 e. The molecule has 4 rings (SSSR count). The molecule has 162 valence electrons. The molecule has 29 heavy (non-hydrogen) atoms. The van der Waals surface area contributed by atoms with Crippen molar-refractivity contribution in [3.8, 4) is 0 Å². The molecule has 0 N–H and O–H groups in total. The summed E-state index contributed by atoms with van der Waals surface area (Å²) in [5, 5.41) is 0. The highest BCUT2D eigenvalue weighted by atomic mass is 16.5. The van der Waals surface area contributed by atoms with Gasteiger partial charge in [-0.3, -0.25) is 0 Å². The van der Waals surface area contributed by atoms with Crippen molar-refractivity contribution in [3.05, 3.63) is 34.9 Å². The van der Waals surface area contributed by atoms with Gasteiger partial charge in [0.05, 0.1) is 6.10 Å². The Bertz CT molecular complexity index is 635. The molecule has 0 saturated heterocycles. The summed E-state index contributed by atoms with van der Waals surface area (Å²) in [6.45, 7) is 2.31. The average molecular weight is 397 g/mol. The number of rotatable bonds is 8. The van der Waals surface area contributed by atoms with Crippen LogP contribution in [0.4, 0.5) is 0 Å². The van der Waals surface area contributed by atoms with Crippen LogP contribution in [-0.4, -0.2) is 13.2 Å². The highest BCUT2D eigenvalue weighted by molar-refractivity contribution is 5.36. The van der Waals surface area contributed by atoms with Gasteiger partial charge in [0.1, 0.15) is 0 Å². The summed E-state index contributed by atoms with van der Waals surface area (Å²) in [6.07, 6.45) is 21.5. The van der Waals surface area contributed by atoms with Gasteiger partial charge in [-0.1, -0.05) is 63.6 Å². The fourth-order valence-electron chi connectivity index (χ4n) is 6.75. The number of ether oxygens (including phenoxy) is 1. The number of hydrogen-bond acceptors (Lipinski definition) is 1. The number of unbranched alkanes of at least 4 members (excludes halogenated alkanes) is 4. The Morgan fingerprint density at radius 2 is 1.69 bits per heavy atom. The second kappa shape index (κ2) is 10.5. The first-order chi connectivity index (χ1) is 14.3. The molecule has 1 aromatic rings. The first-order valence-corrected chi connectivity index (χ1v) is 12.9. The molecule has 3 aliphatic carbocycles. The van der Waals surface area contributed by atoms with Crippen LogP contribution in [0.1, 0.15) is 113 Å². The van der Waals surface area contributed by atoms with Crippen molar-refractivity contribution in [2.45, 2.75) is 115 Å². The van der Waals surface area contributed by atoms with E-state index in [2.05, 4.69) is 25.1 Å². The van der Waals surface area contributed by atoms with Crippen molar-refractivity contribution >= 4 is 0 Å². The molecular weight excluding hydrogens is 352 g/mol. The van der Waals surface area contributed by atoms with E-state index in [1.54, 1.807) is 16.7 Å². The Morgan fingerprint density at radius 3 is 2.55 bits per heavy atom.